The van der Waals surface area contributed by atoms with Gasteiger partial charge in [-0.3, -0.25) is 14.7 Å². The number of urea groups is 1. The Morgan fingerprint density at radius 2 is 1.86 bits per heavy atom. The number of carbonyl (C=O) groups is 3. The summed E-state index contributed by atoms with van der Waals surface area (Å²) in [6, 6.07) is 4.42. The van der Waals surface area contributed by atoms with Crippen molar-refractivity contribution < 1.29 is 27.6 Å². The van der Waals surface area contributed by atoms with Gasteiger partial charge in [0, 0.05) is 80.9 Å². The molecule has 2 saturated heterocycles. The number of piperazine rings is 1. The predicted octanol–water partition coefficient (Wildman–Crippen LogP) is 2.82. The van der Waals surface area contributed by atoms with Crippen LogP contribution in [0.15, 0.2) is 37.1 Å². The molecule has 5 N–H and O–H groups in total. The Kier molecular flexibility index (Phi) is 8.73. The molecule has 228 valence electrons. The van der Waals surface area contributed by atoms with E-state index in [9.17, 15) is 27.6 Å². The lowest BCUT2D eigenvalue weighted by atomic mass is 10.1. The van der Waals surface area contributed by atoms with Crippen LogP contribution >= 0.6 is 11.6 Å². The molecular formula is C27H29ClF3N9O3. The first kappa shape index (κ1) is 30.1. The van der Waals surface area contributed by atoms with Gasteiger partial charge in [0.2, 0.25) is 0 Å². The third-order valence-electron chi connectivity index (χ3n) is 7.20. The van der Waals surface area contributed by atoms with Crippen LogP contribution in [0, 0.1) is 0 Å². The Hall–Kier alpha value is -4.37. The minimum absolute atomic E-state index is 0.0639. The third kappa shape index (κ3) is 6.83. The van der Waals surface area contributed by atoms with Gasteiger partial charge in [-0.2, -0.15) is 18.3 Å². The first-order chi connectivity index (χ1) is 20.5. The number of hydrogen-bond donors (Lipinski definition) is 5. The number of hydrogen-bond acceptors (Lipinski definition) is 6. The van der Waals surface area contributed by atoms with Crippen molar-refractivity contribution in [3.63, 3.8) is 0 Å². The van der Waals surface area contributed by atoms with Crippen LogP contribution in [0.1, 0.15) is 43.6 Å². The fraction of sp³-hybridized carbons (Fsp3) is 0.370. The smallest absolute Gasteiger partial charge is 0.337 e. The molecule has 0 radical (unpaired) electrons. The van der Waals surface area contributed by atoms with E-state index >= 15 is 0 Å². The van der Waals surface area contributed by atoms with E-state index in [1.165, 1.54) is 30.5 Å². The van der Waals surface area contributed by atoms with Gasteiger partial charge >= 0.3 is 12.2 Å². The molecule has 4 amide bonds. The number of aromatic nitrogens is 4. The van der Waals surface area contributed by atoms with E-state index in [1.807, 2.05) is 0 Å². The van der Waals surface area contributed by atoms with E-state index in [0.29, 0.717) is 31.9 Å². The molecule has 43 heavy (non-hydrogen) atoms. The summed E-state index contributed by atoms with van der Waals surface area (Å²) in [6.45, 7) is 6.54. The Labute approximate surface area is 249 Å². The Balaban J connectivity index is 1.18. The number of imidazole rings is 1. The first-order valence-electron chi connectivity index (χ1n) is 13.5. The maximum atomic E-state index is 13.4. The Morgan fingerprint density at radius 1 is 1.14 bits per heavy atom. The Bertz CT molecular complexity index is 1530. The summed E-state index contributed by atoms with van der Waals surface area (Å²) in [5, 5.41) is 14.6. The second-order valence-electron chi connectivity index (χ2n) is 10.2. The fourth-order valence-electron chi connectivity index (χ4n) is 4.79. The molecule has 12 nitrogen and oxygen atoms in total. The summed E-state index contributed by atoms with van der Waals surface area (Å²) in [6.07, 6.45) is -1.94. The molecule has 2 aromatic heterocycles. The standard InChI is InChI=1S/C27H29ClF3N9O3/c1-2-3-21-19(22(38-37-21)27(29,30)31)10-16-14-33-23(34-16)24(41)35-15-4-5-18(20(28)11-15)25(42)39-6-8-40(9-7-39)26(43)36-17-12-32-13-17/h2,4-5,11,14,17,32H,1,3,6-10,12-13H2,(H,33,34)(H,35,41)(H,36,43)(H,37,38). The zero-order valence-electron chi connectivity index (χ0n) is 22.9. The number of H-pyrrole nitrogens is 2. The van der Waals surface area contributed by atoms with Crippen molar-refractivity contribution >= 4 is 35.1 Å². The first-order valence-corrected chi connectivity index (χ1v) is 13.9. The van der Waals surface area contributed by atoms with Crippen LogP contribution in [-0.2, 0) is 19.0 Å². The van der Waals surface area contributed by atoms with E-state index in [0.717, 1.165) is 13.1 Å². The maximum Gasteiger partial charge on any atom is 0.435 e. The molecule has 0 bridgehead atoms. The lowest BCUT2D eigenvalue weighted by Gasteiger charge is -2.37. The highest BCUT2D eigenvalue weighted by molar-refractivity contribution is 6.34. The van der Waals surface area contributed by atoms with Crippen molar-refractivity contribution in [3.8, 4) is 0 Å². The molecule has 4 heterocycles. The molecular weight excluding hydrogens is 591 g/mol. The average Bonchev–Trinajstić information content (AvgIpc) is 3.58. The summed E-state index contributed by atoms with van der Waals surface area (Å²) in [7, 11) is 0. The molecule has 0 unspecified atom stereocenters. The quantitative estimate of drug-likeness (QED) is 0.245. The van der Waals surface area contributed by atoms with Crippen LogP contribution < -0.4 is 16.0 Å². The largest absolute Gasteiger partial charge is 0.435 e. The van der Waals surface area contributed by atoms with Gasteiger partial charge in [0.15, 0.2) is 11.5 Å². The lowest BCUT2D eigenvalue weighted by molar-refractivity contribution is -0.141. The molecule has 0 aliphatic carbocycles. The number of alkyl halides is 3. The van der Waals surface area contributed by atoms with Gasteiger partial charge < -0.3 is 30.7 Å². The van der Waals surface area contributed by atoms with Crippen molar-refractivity contribution in [3.05, 3.63) is 76.1 Å². The van der Waals surface area contributed by atoms with Crippen LogP contribution in [0.4, 0.5) is 23.7 Å². The Morgan fingerprint density at radius 3 is 2.49 bits per heavy atom. The highest BCUT2D eigenvalue weighted by atomic mass is 35.5. The lowest BCUT2D eigenvalue weighted by Crippen LogP contribution is -2.61. The minimum atomic E-state index is -4.66. The minimum Gasteiger partial charge on any atom is -0.337 e. The molecule has 2 fully saturated rings. The normalized spacial score (nSPS) is 15.6. The van der Waals surface area contributed by atoms with Crippen LogP contribution in [0.2, 0.25) is 5.02 Å². The van der Waals surface area contributed by atoms with Crippen LogP contribution in [0.25, 0.3) is 0 Å². The van der Waals surface area contributed by atoms with Gasteiger partial charge in [-0.25, -0.2) is 9.78 Å². The number of aromatic amines is 2. The van der Waals surface area contributed by atoms with Crippen molar-refractivity contribution in [2.24, 2.45) is 0 Å². The monoisotopic (exact) mass is 619 g/mol. The van der Waals surface area contributed by atoms with Gasteiger partial charge in [-0.15, -0.1) is 6.58 Å². The SMILES string of the molecule is C=CCc1[nH]nc(C(F)(F)F)c1Cc1cnc(C(=O)Nc2ccc(C(=O)N3CCN(C(=O)NC4CNC4)CC3)c(Cl)c2)[nH]1. The van der Waals surface area contributed by atoms with Crippen LogP contribution in [0.3, 0.4) is 0 Å². The molecule has 0 atom stereocenters. The molecule has 5 rings (SSSR count). The van der Waals surface area contributed by atoms with Crippen LogP contribution in [0.5, 0.6) is 0 Å². The number of nitrogens with one attached hydrogen (secondary N) is 5. The molecule has 2 aliphatic heterocycles. The number of carbonyl (C=O) groups excluding carboxylic acids is 3. The average molecular weight is 620 g/mol. The summed E-state index contributed by atoms with van der Waals surface area (Å²) < 4.78 is 40.3. The van der Waals surface area contributed by atoms with Gasteiger partial charge in [0.25, 0.3) is 11.8 Å². The fourth-order valence-corrected chi connectivity index (χ4v) is 5.05. The van der Waals surface area contributed by atoms with E-state index in [2.05, 4.69) is 42.7 Å². The molecule has 3 aromatic rings. The second-order valence-corrected chi connectivity index (χ2v) is 10.6. The summed E-state index contributed by atoms with van der Waals surface area (Å²) in [5.41, 5.74) is -0.0252. The van der Waals surface area contributed by atoms with Crippen molar-refractivity contribution in [2.45, 2.75) is 25.1 Å². The summed E-state index contributed by atoms with van der Waals surface area (Å²) in [4.78, 5) is 48.3. The molecule has 16 heteroatoms. The van der Waals surface area contributed by atoms with Crippen molar-refractivity contribution in [2.75, 3.05) is 44.6 Å². The zero-order chi connectivity index (χ0) is 30.7. The third-order valence-corrected chi connectivity index (χ3v) is 7.51. The molecule has 2 aliphatic rings. The van der Waals surface area contributed by atoms with Crippen molar-refractivity contribution in [1.29, 1.82) is 0 Å². The predicted molar refractivity (Wildman–Crippen MR) is 151 cm³/mol. The maximum absolute atomic E-state index is 13.4. The second kappa shape index (κ2) is 12.5. The van der Waals surface area contributed by atoms with Crippen LogP contribution in [-0.4, -0.2) is 93.1 Å². The van der Waals surface area contributed by atoms with E-state index in [1.54, 1.807) is 9.80 Å². The van der Waals surface area contributed by atoms with E-state index in [4.69, 9.17) is 11.6 Å². The van der Waals surface area contributed by atoms with Crippen molar-refractivity contribution in [1.82, 2.24) is 40.6 Å². The van der Waals surface area contributed by atoms with Gasteiger partial charge in [0.05, 0.1) is 16.6 Å². The number of anilines is 1. The number of rotatable bonds is 8. The van der Waals surface area contributed by atoms with E-state index in [-0.39, 0.29) is 64.2 Å². The van der Waals surface area contributed by atoms with Gasteiger partial charge in [0.1, 0.15) is 0 Å². The topological polar surface area (TPSA) is 151 Å². The molecule has 0 saturated carbocycles. The number of halogens is 4. The number of allylic oxidation sites excluding steroid dienone is 1. The molecule has 1 aromatic carbocycles. The van der Waals surface area contributed by atoms with E-state index < -0.39 is 17.8 Å². The molecule has 0 spiro atoms. The summed E-state index contributed by atoms with van der Waals surface area (Å²) >= 11 is 6.40. The number of amides is 4. The highest BCUT2D eigenvalue weighted by Gasteiger charge is 2.38. The summed E-state index contributed by atoms with van der Waals surface area (Å²) in [5.74, 6) is -1.07. The highest BCUT2D eigenvalue weighted by Crippen LogP contribution is 2.33. The zero-order valence-corrected chi connectivity index (χ0v) is 23.6. The van der Waals surface area contributed by atoms with Gasteiger partial charge in [-0.1, -0.05) is 17.7 Å². The van der Waals surface area contributed by atoms with Gasteiger partial charge in [-0.05, 0) is 18.2 Å². The number of nitrogens with zero attached hydrogens (tertiary/aromatic N) is 4. The number of benzene rings is 1.